The van der Waals surface area contributed by atoms with E-state index in [0.717, 1.165) is 22.0 Å². The molecule has 0 aliphatic rings. The highest BCUT2D eigenvalue weighted by atomic mass is 16.5. The van der Waals surface area contributed by atoms with Crippen LogP contribution in [0.2, 0.25) is 0 Å². The minimum absolute atomic E-state index is 0.0764. The Balaban J connectivity index is 1.73. The lowest BCUT2D eigenvalue weighted by Crippen LogP contribution is -1.98. The van der Waals surface area contributed by atoms with Crippen LogP contribution in [0.25, 0.3) is 22.0 Å². The molecule has 4 rings (SSSR count). The average molecular weight is 387 g/mol. The molecule has 0 bridgehead atoms. The van der Waals surface area contributed by atoms with Crippen LogP contribution >= 0.6 is 0 Å². The van der Waals surface area contributed by atoms with Gasteiger partial charge in [0.2, 0.25) is 0 Å². The third-order valence-corrected chi connectivity index (χ3v) is 4.54. The van der Waals surface area contributed by atoms with Gasteiger partial charge in [-0.15, -0.1) is 0 Å². The van der Waals surface area contributed by atoms with Crippen molar-refractivity contribution in [1.82, 2.24) is 9.97 Å². The molecule has 0 spiro atoms. The van der Waals surface area contributed by atoms with E-state index in [4.69, 9.17) is 9.84 Å². The number of hydrogen-bond acceptors (Lipinski definition) is 6. The molecule has 3 N–H and O–H groups in total. The molecule has 0 unspecified atom stereocenters. The summed E-state index contributed by atoms with van der Waals surface area (Å²) in [5.74, 6) is 0.0972. The standard InChI is InChI=1S/C22H17N3O4/c1-29-20-11-15(5-9-19(20)26)14-4-8-18-17(10-14)21(24-12-23-18)25-16-6-2-13(3-7-16)22(27)28/h2-12,26H,1H3,(H,27,28)(H,23,24,25). The van der Waals surface area contributed by atoms with E-state index in [1.807, 2.05) is 18.2 Å². The van der Waals surface area contributed by atoms with Crippen LogP contribution in [-0.2, 0) is 0 Å². The van der Waals surface area contributed by atoms with Gasteiger partial charge in [0, 0.05) is 11.1 Å². The number of aromatic hydroxyl groups is 1. The highest BCUT2D eigenvalue weighted by molar-refractivity contribution is 5.94. The Bertz CT molecular complexity index is 1210. The van der Waals surface area contributed by atoms with Gasteiger partial charge in [0.1, 0.15) is 12.1 Å². The minimum atomic E-state index is -0.974. The van der Waals surface area contributed by atoms with E-state index in [1.54, 1.807) is 30.3 Å². The second-order valence-electron chi connectivity index (χ2n) is 6.35. The number of carboxylic acids is 1. The summed E-state index contributed by atoms with van der Waals surface area (Å²) in [4.78, 5) is 19.7. The second-order valence-corrected chi connectivity index (χ2v) is 6.35. The van der Waals surface area contributed by atoms with Crippen LogP contribution in [0.4, 0.5) is 11.5 Å². The normalized spacial score (nSPS) is 10.7. The highest BCUT2D eigenvalue weighted by Crippen LogP contribution is 2.33. The number of ether oxygens (including phenoxy) is 1. The third-order valence-electron chi connectivity index (χ3n) is 4.54. The highest BCUT2D eigenvalue weighted by Gasteiger charge is 2.10. The molecule has 0 saturated heterocycles. The van der Waals surface area contributed by atoms with Crippen LogP contribution in [0.3, 0.4) is 0 Å². The number of fused-ring (bicyclic) bond motifs is 1. The summed E-state index contributed by atoms with van der Waals surface area (Å²) in [6, 6.07) is 17.4. The van der Waals surface area contributed by atoms with Gasteiger partial charge < -0.3 is 20.3 Å². The number of aromatic carboxylic acids is 1. The number of phenols is 1. The molecule has 144 valence electrons. The van der Waals surface area contributed by atoms with Gasteiger partial charge in [-0.3, -0.25) is 0 Å². The summed E-state index contributed by atoms with van der Waals surface area (Å²) in [5, 5.41) is 22.9. The molecule has 0 aliphatic heterocycles. The number of phenolic OH excluding ortho intramolecular Hbond substituents is 1. The largest absolute Gasteiger partial charge is 0.504 e. The van der Waals surface area contributed by atoms with Crippen molar-refractivity contribution in [1.29, 1.82) is 0 Å². The van der Waals surface area contributed by atoms with Crippen molar-refractivity contribution < 1.29 is 19.7 Å². The molecule has 4 aromatic rings. The Hall–Kier alpha value is -4.13. The van der Waals surface area contributed by atoms with Crippen molar-refractivity contribution in [2.24, 2.45) is 0 Å². The van der Waals surface area contributed by atoms with Crippen LogP contribution in [-0.4, -0.2) is 33.3 Å². The topological polar surface area (TPSA) is 105 Å². The number of benzene rings is 3. The quantitative estimate of drug-likeness (QED) is 0.464. The van der Waals surface area contributed by atoms with Crippen molar-refractivity contribution >= 4 is 28.4 Å². The predicted molar refractivity (Wildman–Crippen MR) is 110 cm³/mol. The van der Waals surface area contributed by atoms with Crippen LogP contribution in [0, 0.1) is 0 Å². The summed E-state index contributed by atoms with van der Waals surface area (Å²) in [6.45, 7) is 0. The van der Waals surface area contributed by atoms with Crippen LogP contribution in [0.5, 0.6) is 11.5 Å². The zero-order valence-electron chi connectivity index (χ0n) is 15.5. The molecule has 0 saturated carbocycles. The Morgan fingerprint density at radius 1 is 0.966 bits per heavy atom. The number of rotatable bonds is 5. The molecule has 3 aromatic carbocycles. The zero-order chi connectivity index (χ0) is 20.4. The van der Waals surface area contributed by atoms with Crippen molar-refractivity contribution in [3.05, 3.63) is 72.6 Å². The van der Waals surface area contributed by atoms with E-state index in [1.165, 1.54) is 25.6 Å². The third kappa shape index (κ3) is 3.66. The SMILES string of the molecule is COc1cc(-c2ccc3ncnc(Nc4ccc(C(=O)O)cc4)c3c2)ccc1O. The van der Waals surface area contributed by atoms with Crippen molar-refractivity contribution in [3.8, 4) is 22.6 Å². The predicted octanol–water partition coefficient (Wildman–Crippen LogP) is 4.45. The zero-order valence-corrected chi connectivity index (χ0v) is 15.5. The summed E-state index contributed by atoms with van der Waals surface area (Å²) >= 11 is 0. The molecule has 0 radical (unpaired) electrons. The first-order chi connectivity index (χ1) is 14.0. The fraction of sp³-hybridized carbons (Fsp3) is 0.0455. The number of carbonyl (C=O) groups is 1. The number of aromatic nitrogens is 2. The Labute approximate surface area is 166 Å². The van der Waals surface area contributed by atoms with Gasteiger partial charge in [0.15, 0.2) is 11.5 Å². The van der Waals surface area contributed by atoms with E-state index in [-0.39, 0.29) is 11.3 Å². The summed E-state index contributed by atoms with van der Waals surface area (Å²) in [5.41, 5.74) is 3.48. The maximum absolute atomic E-state index is 11.0. The van der Waals surface area contributed by atoms with Gasteiger partial charge in [-0.1, -0.05) is 12.1 Å². The van der Waals surface area contributed by atoms with Gasteiger partial charge in [0.05, 0.1) is 18.2 Å². The van der Waals surface area contributed by atoms with E-state index in [9.17, 15) is 9.90 Å². The number of methoxy groups -OCH3 is 1. The van der Waals surface area contributed by atoms with Crippen LogP contribution in [0.1, 0.15) is 10.4 Å². The van der Waals surface area contributed by atoms with Gasteiger partial charge >= 0.3 is 5.97 Å². The van der Waals surface area contributed by atoms with E-state index in [2.05, 4.69) is 15.3 Å². The van der Waals surface area contributed by atoms with Crippen LogP contribution in [0.15, 0.2) is 67.0 Å². The summed E-state index contributed by atoms with van der Waals surface area (Å²) in [7, 11) is 1.50. The second kappa shape index (κ2) is 7.47. The molecule has 1 aromatic heterocycles. The maximum Gasteiger partial charge on any atom is 0.335 e. The molecule has 7 heteroatoms. The molecular weight excluding hydrogens is 370 g/mol. The first-order valence-corrected chi connectivity index (χ1v) is 8.77. The monoisotopic (exact) mass is 387 g/mol. The first-order valence-electron chi connectivity index (χ1n) is 8.77. The van der Waals surface area contributed by atoms with Gasteiger partial charge in [0.25, 0.3) is 0 Å². The molecule has 1 heterocycles. The number of nitrogens with one attached hydrogen (secondary N) is 1. The van der Waals surface area contributed by atoms with Gasteiger partial charge in [-0.05, 0) is 59.7 Å². The maximum atomic E-state index is 11.0. The Kier molecular flexibility index (Phi) is 4.70. The first kappa shape index (κ1) is 18.2. The number of nitrogens with zero attached hydrogens (tertiary/aromatic N) is 2. The van der Waals surface area contributed by atoms with Crippen molar-refractivity contribution in [2.75, 3.05) is 12.4 Å². The number of hydrogen-bond donors (Lipinski definition) is 3. The minimum Gasteiger partial charge on any atom is -0.504 e. The molecule has 0 aliphatic carbocycles. The van der Waals surface area contributed by atoms with Crippen molar-refractivity contribution in [2.45, 2.75) is 0 Å². The lowest BCUT2D eigenvalue weighted by molar-refractivity contribution is 0.0697. The molecule has 0 atom stereocenters. The lowest BCUT2D eigenvalue weighted by atomic mass is 10.0. The smallest absolute Gasteiger partial charge is 0.335 e. The Morgan fingerprint density at radius 2 is 1.69 bits per heavy atom. The van der Waals surface area contributed by atoms with E-state index < -0.39 is 5.97 Å². The number of anilines is 2. The van der Waals surface area contributed by atoms with E-state index in [0.29, 0.717) is 17.3 Å². The molecule has 7 nitrogen and oxygen atoms in total. The molecule has 0 fully saturated rings. The van der Waals surface area contributed by atoms with Gasteiger partial charge in [-0.2, -0.15) is 0 Å². The summed E-state index contributed by atoms with van der Waals surface area (Å²) < 4.78 is 5.19. The van der Waals surface area contributed by atoms with Crippen molar-refractivity contribution in [3.63, 3.8) is 0 Å². The lowest BCUT2D eigenvalue weighted by Gasteiger charge is -2.11. The van der Waals surface area contributed by atoms with E-state index >= 15 is 0 Å². The fourth-order valence-electron chi connectivity index (χ4n) is 3.03. The molecular formula is C22H17N3O4. The molecule has 0 amide bonds. The molecule has 29 heavy (non-hydrogen) atoms. The average Bonchev–Trinajstić information content (AvgIpc) is 2.74. The summed E-state index contributed by atoms with van der Waals surface area (Å²) in [6.07, 6.45) is 1.47. The van der Waals surface area contributed by atoms with Crippen LogP contribution < -0.4 is 10.1 Å². The Morgan fingerprint density at radius 3 is 2.41 bits per heavy atom. The fourth-order valence-corrected chi connectivity index (χ4v) is 3.03. The number of carboxylic acid groups (broad SMARTS) is 1. The van der Waals surface area contributed by atoms with Gasteiger partial charge in [-0.25, -0.2) is 14.8 Å².